The largest absolute Gasteiger partial charge is 0.279 e. The molecule has 0 heterocycles. The topological polar surface area (TPSA) is 65.8 Å². The van der Waals surface area contributed by atoms with Gasteiger partial charge < -0.3 is 0 Å². The minimum atomic E-state index is -0.273. The maximum Gasteiger partial charge on any atom is 0.271 e. The average Bonchev–Trinajstić information content (AvgIpc) is 2.81. The van der Waals surface area contributed by atoms with Gasteiger partial charge >= 0.3 is 0 Å². The lowest BCUT2D eigenvalue weighted by atomic mass is 10.1. The lowest BCUT2D eigenvalue weighted by molar-refractivity contribution is 0.0955. The molecule has 32 heavy (non-hydrogen) atoms. The molecule has 160 valence electrons. The highest BCUT2D eigenvalue weighted by Crippen LogP contribution is 2.10. The van der Waals surface area contributed by atoms with Crippen LogP contribution in [-0.4, -0.2) is 18.3 Å². The number of hydrazone groups is 2. The Bertz CT molecular complexity index is 1130. The van der Waals surface area contributed by atoms with Crippen molar-refractivity contribution in [1.82, 2.24) is 5.43 Å². The quantitative estimate of drug-likeness (QED) is 0.345. The fourth-order valence-corrected chi connectivity index (χ4v) is 2.86. The van der Waals surface area contributed by atoms with Gasteiger partial charge in [0.1, 0.15) is 0 Å². The molecule has 3 rings (SSSR count). The van der Waals surface area contributed by atoms with Gasteiger partial charge in [0.25, 0.3) is 5.91 Å². The van der Waals surface area contributed by atoms with Crippen LogP contribution >= 0.6 is 0 Å². The molecule has 3 aromatic rings. The van der Waals surface area contributed by atoms with Crippen molar-refractivity contribution in [2.24, 2.45) is 10.2 Å². The summed E-state index contributed by atoms with van der Waals surface area (Å²) in [4.78, 5) is 12.3. The van der Waals surface area contributed by atoms with Gasteiger partial charge in [-0.25, -0.2) is 5.43 Å². The van der Waals surface area contributed by atoms with E-state index < -0.39 is 0 Å². The third kappa shape index (κ3) is 7.54. The van der Waals surface area contributed by atoms with Crippen molar-refractivity contribution in [2.75, 3.05) is 5.43 Å². The van der Waals surface area contributed by atoms with E-state index in [1.165, 1.54) is 0 Å². The van der Waals surface area contributed by atoms with E-state index in [4.69, 9.17) is 0 Å². The highest BCUT2D eigenvalue weighted by atomic mass is 16.2. The fraction of sp³-hybridized carbons (Fsp3) is 0.0741. The first-order valence-electron chi connectivity index (χ1n) is 10.3. The Hall–Kier alpha value is -4.25. The number of benzene rings is 3. The highest BCUT2D eigenvalue weighted by Gasteiger charge is 2.03. The molecule has 0 aliphatic heterocycles. The van der Waals surface area contributed by atoms with E-state index in [9.17, 15) is 4.79 Å². The lowest BCUT2D eigenvalue weighted by Crippen LogP contribution is -2.17. The molecule has 0 saturated heterocycles. The van der Waals surface area contributed by atoms with Crippen LogP contribution in [0.15, 0.2) is 106 Å². The fourth-order valence-electron chi connectivity index (χ4n) is 2.86. The SMILES string of the molecule is CC(C=NNC(=O)c1ccc(N/N=C/C(C)=Cc2ccccc2)cc1)=Cc1ccccc1. The predicted octanol–water partition coefficient (Wildman–Crippen LogP) is 6.01. The minimum absolute atomic E-state index is 0.273. The van der Waals surface area contributed by atoms with E-state index >= 15 is 0 Å². The molecular formula is C27H26N4O. The van der Waals surface area contributed by atoms with Gasteiger partial charge in [-0.05, 0) is 60.4 Å². The van der Waals surface area contributed by atoms with Crippen LogP contribution in [0.1, 0.15) is 35.3 Å². The Morgan fingerprint density at radius 1 is 0.688 bits per heavy atom. The monoisotopic (exact) mass is 422 g/mol. The summed E-state index contributed by atoms with van der Waals surface area (Å²) in [5.41, 5.74) is 11.0. The molecule has 0 fully saturated rings. The average molecular weight is 423 g/mol. The van der Waals surface area contributed by atoms with E-state index in [1.807, 2.05) is 80.6 Å². The van der Waals surface area contributed by atoms with Gasteiger partial charge in [-0.1, -0.05) is 72.8 Å². The van der Waals surface area contributed by atoms with E-state index in [0.29, 0.717) is 5.56 Å². The number of amides is 1. The van der Waals surface area contributed by atoms with E-state index in [-0.39, 0.29) is 5.91 Å². The molecule has 0 spiro atoms. The van der Waals surface area contributed by atoms with Crippen molar-refractivity contribution >= 4 is 36.2 Å². The zero-order valence-electron chi connectivity index (χ0n) is 18.2. The second-order valence-electron chi connectivity index (χ2n) is 7.24. The van der Waals surface area contributed by atoms with Crippen LogP contribution in [0.3, 0.4) is 0 Å². The number of nitrogens with one attached hydrogen (secondary N) is 2. The van der Waals surface area contributed by atoms with E-state index in [2.05, 4.69) is 27.1 Å². The predicted molar refractivity (Wildman–Crippen MR) is 135 cm³/mol. The molecule has 3 aromatic carbocycles. The molecule has 2 N–H and O–H groups in total. The molecule has 0 bridgehead atoms. The Balaban J connectivity index is 1.49. The van der Waals surface area contributed by atoms with Crippen LogP contribution in [0.25, 0.3) is 12.2 Å². The summed E-state index contributed by atoms with van der Waals surface area (Å²) in [7, 11) is 0. The number of hydrogen-bond donors (Lipinski definition) is 2. The van der Waals surface area contributed by atoms with Crippen LogP contribution in [0.4, 0.5) is 5.69 Å². The summed E-state index contributed by atoms with van der Waals surface area (Å²) >= 11 is 0. The molecule has 0 aliphatic rings. The summed E-state index contributed by atoms with van der Waals surface area (Å²) in [5.74, 6) is -0.273. The van der Waals surface area contributed by atoms with Crippen molar-refractivity contribution in [3.63, 3.8) is 0 Å². The first-order valence-corrected chi connectivity index (χ1v) is 10.3. The van der Waals surface area contributed by atoms with Crippen LogP contribution < -0.4 is 10.9 Å². The molecule has 0 unspecified atom stereocenters. The number of hydrogen-bond acceptors (Lipinski definition) is 4. The molecule has 1 amide bonds. The van der Waals surface area contributed by atoms with Crippen LogP contribution in [0.5, 0.6) is 0 Å². The van der Waals surface area contributed by atoms with Crippen LogP contribution in [0, 0.1) is 0 Å². The third-order valence-corrected chi connectivity index (χ3v) is 4.43. The van der Waals surface area contributed by atoms with Gasteiger partial charge in [0, 0.05) is 5.56 Å². The Morgan fingerprint density at radius 2 is 1.19 bits per heavy atom. The Morgan fingerprint density at radius 3 is 1.72 bits per heavy atom. The summed E-state index contributed by atoms with van der Waals surface area (Å²) < 4.78 is 0. The third-order valence-electron chi connectivity index (χ3n) is 4.43. The van der Waals surface area contributed by atoms with Gasteiger partial charge in [-0.3, -0.25) is 10.2 Å². The summed E-state index contributed by atoms with van der Waals surface area (Å²) in [6.07, 6.45) is 7.43. The molecule has 0 saturated carbocycles. The highest BCUT2D eigenvalue weighted by molar-refractivity contribution is 5.95. The molecular weight excluding hydrogens is 396 g/mol. The summed E-state index contributed by atoms with van der Waals surface area (Å²) in [6, 6.07) is 27.1. The van der Waals surface area contributed by atoms with Gasteiger partial charge in [0.2, 0.25) is 0 Å². The molecule has 5 heteroatoms. The number of rotatable bonds is 8. The van der Waals surface area contributed by atoms with Gasteiger partial charge in [0.15, 0.2) is 0 Å². The van der Waals surface area contributed by atoms with Crippen molar-refractivity contribution in [1.29, 1.82) is 0 Å². The zero-order chi connectivity index (χ0) is 22.6. The van der Waals surface area contributed by atoms with Gasteiger partial charge in [-0.2, -0.15) is 10.2 Å². The van der Waals surface area contributed by atoms with Gasteiger partial charge in [0.05, 0.1) is 18.1 Å². The maximum absolute atomic E-state index is 12.3. The van der Waals surface area contributed by atoms with Crippen LogP contribution in [0.2, 0.25) is 0 Å². The van der Waals surface area contributed by atoms with Crippen molar-refractivity contribution in [3.05, 3.63) is 113 Å². The lowest BCUT2D eigenvalue weighted by Gasteiger charge is -2.03. The number of allylic oxidation sites excluding steroid dienone is 2. The molecule has 0 atom stereocenters. The Kier molecular flexibility index (Phi) is 8.28. The zero-order valence-corrected chi connectivity index (χ0v) is 18.2. The maximum atomic E-state index is 12.3. The smallest absolute Gasteiger partial charge is 0.271 e. The molecule has 0 aliphatic carbocycles. The van der Waals surface area contributed by atoms with Crippen molar-refractivity contribution in [2.45, 2.75) is 13.8 Å². The number of carbonyl (C=O) groups excluding carboxylic acids is 1. The van der Waals surface area contributed by atoms with Crippen molar-refractivity contribution in [3.8, 4) is 0 Å². The molecule has 5 nitrogen and oxygen atoms in total. The number of anilines is 1. The van der Waals surface area contributed by atoms with Crippen molar-refractivity contribution < 1.29 is 4.79 Å². The first-order chi connectivity index (χ1) is 15.6. The second kappa shape index (κ2) is 11.8. The van der Waals surface area contributed by atoms with Crippen LogP contribution in [-0.2, 0) is 0 Å². The number of nitrogens with zero attached hydrogens (tertiary/aromatic N) is 2. The summed E-state index contributed by atoms with van der Waals surface area (Å²) in [6.45, 7) is 3.92. The number of carbonyl (C=O) groups is 1. The second-order valence-corrected chi connectivity index (χ2v) is 7.24. The van der Waals surface area contributed by atoms with E-state index in [1.54, 1.807) is 36.7 Å². The minimum Gasteiger partial charge on any atom is -0.279 e. The standard InChI is InChI=1S/C27H26N4O/c1-21(17-23-9-5-3-6-10-23)19-28-30-26-15-13-25(14-16-26)27(32)31-29-20-22(2)18-24-11-7-4-8-12-24/h3-20,30H,1-2H3,(H,31,32)/b21-17?,22-18?,28-19+,29-20?. The first kappa shape index (κ1) is 22.4. The Labute approximate surface area is 188 Å². The molecule has 0 aromatic heterocycles. The normalized spacial score (nSPS) is 12.3. The summed E-state index contributed by atoms with van der Waals surface area (Å²) in [5, 5.41) is 8.27. The van der Waals surface area contributed by atoms with E-state index in [0.717, 1.165) is 28.0 Å². The molecule has 0 radical (unpaired) electrons. The van der Waals surface area contributed by atoms with Gasteiger partial charge in [-0.15, -0.1) is 0 Å².